The Morgan fingerprint density at radius 1 is 1.29 bits per heavy atom. The lowest BCUT2D eigenvalue weighted by atomic mass is 10.0. The Balaban J connectivity index is 1.87. The molecule has 0 aliphatic heterocycles. The van der Waals surface area contributed by atoms with E-state index >= 15 is 0 Å². The SMILES string of the molecule is CCOC(=O)c1c(C2=CC=C(CC)CC=C2)csc1NC(O)Cc1cccc(OC)c1. The van der Waals surface area contributed by atoms with Gasteiger partial charge < -0.3 is 19.9 Å². The van der Waals surface area contributed by atoms with Crippen LogP contribution >= 0.6 is 11.3 Å². The first kappa shape index (κ1) is 22.8. The average Bonchev–Trinajstić information content (AvgIpc) is 3.02. The molecule has 0 bridgehead atoms. The van der Waals surface area contributed by atoms with E-state index in [2.05, 4.69) is 24.4 Å². The van der Waals surface area contributed by atoms with Crippen molar-refractivity contribution in [3.05, 3.63) is 76.2 Å². The van der Waals surface area contributed by atoms with Crippen molar-refractivity contribution in [3.63, 3.8) is 0 Å². The first-order valence-electron chi connectivity index (χ1n) is 10.5. The summed E-state index contributed by atoms with van der Waals surface area (Å²) in [6.45, 7) is 4.21. The van der Waals surface area contributed by atoms with Gasteiger partial charge in [0, 0.05) is 17.4 Å². The lowest BCUT2D eigenvalue weighted by molar-refractivity contribution is 0.0527. The monoisotopic (exact) mass is 439 g/mol. The zero-order chi connectivity index (χ0) is 22.2. The number of rotatable bonds is 9. The van der Waals surface area contributed by atoms with E-state index < -0.39 is 12.2 Å². The quantitative estimate of drug-likeness (QED) is 0.394. The number of methoxy groups -OCH3 is 1. The second kappa shape index (κ2) is 11.0. The van der Waals surface area contributed by atoms with Crippen LogP contribution in [0.1, 0.15) is 48.2 Å². The van der Waals surface area contributed by atoms with E-state index in [4.69, 9.17) is 9.47 Å². The fourth-order valence-corrected chi connectivity index (χ4v) is 4.42. The Bertz CT molecular complexity index is 1000. The maximum absolute atomic E-state index is 12.8. The van der Waals surface area contributed by atoms with Gasteiger partial charge in [0.15, 0.2) is 0 Å². The van der Waals surface area contributed by atoms with Gasteiger partial charge in [0.1, 0.15) is 22.5 Å². The van der Waals surface area contributed by atoms with Crippen LogP contribution in [0.4, 0.5) is 5.00 Å². The Labute approximate surface area is 187 Å². The van der Waals surface area contributed by atoms with Crippen molar-refractivity contribution in [3.8, 4) is 5.75 Å². The van der Waals surface area contributed by atoms with Crippen LogP contribution in [0.2, 0.25) is 0 Å². The molecule has 1 unspecified atom stereocenters. The molecule has 1 aliphatic carbocycles. The van der Waals surface area contributed by atoms with Crippen molar-refractivity contribution < 1.29 is 19.4 Å². The molecule has 1 atom stereocenters. The summed E-state index contributed by atoms with van der Waals surface area (Å²) in [5, 5.41) is 16.3. The van der Waals surface area contributed by atoms with Gasteiger partial charge in [-0.1, -0.05) is 48.9 Å². The predicted octanol–water partition coefficient (Wildman–Crippen LogP) is 5.59. The van der Waals surface area contributed by atoms with Crippen LogP contribution in [-0.4, -0.2) is 31.0 Å². The Hall–Kier alpha value is -2.83. The van der Waals surface area contributed by atoms with Crippen LogP contribution in [0.5, 0.6) is 5.75 Å². The van der Waals surface area contributed by atoms with E-state index in [0.29, 0.717) is 17.0 Å². The summed E-state index contributed by atoms with van der Waals surface area (Å²) in [5.74, 6) is 0.343. The number of ether oxygens (including phenoxy) is 2. The number of aliphatic hydroxyl groups excluding tert-OH is 1. The molecular weight excluding hydrogens is 410 g/mol. The molecule has 31 heavy (non-hydrogen) atoms. The van der Waals surface area contributed by atoms with Gasteiger partial charge in [0.2, 0.25) is 0 Å². The van der Waals surface area contributed by atoms with E-state index in [9.17, 15) is 9.90 Å². The number of anilines is 1. The molecule has 1 heterocycles. The fraction of sp³-hybridized carbons (Fsp3) is 0.320. The van der Waals surface area contributed by atoms with Crippen molar-refractivity contribution in [2.24, 2.45) is 0 Å². The summed E-state index contributed by atoms with van der Waals surface area (Å²) < 4.78 is 10.6. The molecule has 5 nitrogen and oxygen atoms in total. The van der Waals surface area contributed by atoms with E-state index in [0.717, 1.165) is 35.3 Å². The lowest BCUT2D eigenvalue weighted by Crippen LogP contribution is -2.22. The lowest BCUT2D eigenvalue weighted by Gasteiger charge is -2.15. The van der Waals surface area contributed by atoms with Gasteiger partial charge in [0.05, 0.1) is 13.7 Å². The molecular formula is C25H29NO4S. The molecule has 164 valence electrons. The smallest absolute Gasteiger partial charge is 0.341 e. The molecule has 1 aromatic carbocycles. The first-order valence-corrected chi connectivity index (χ1v) is 11.4. The molecule has 1 aliphatic rings. The number of aliphatic hydroxyl groups is 1. The van der Waals surface area contributed by atoms with Gasteiger partial charge in [-0.3, -0.25) is 0 Å². The Kier molecular flexibility index (Phi) is 8.09. The van der Waals surface area contributed by atoms with Crippen LogP contribution in [0.15, 0.2) is 59.5 Å². The highest BCUT2D eigenvalue weighted by atomic mass is 32.1. The third-order valence-electron chi connectivity index (χ3n) is 5.07. The molecule has 0 saturated heterocycles. The van der Waals surface area contributed by atoms with Crippen LogP contribution in [-0.2, 0) is 11.2 Å². The van der Waals surface area contributed by atoms with Crippen LogP contribution in [0.3, 0.4) is 0 Å². The first-order chi connectivity index (χ1) is 15.0. The summed E-state index contributed by atoms with van der Waals surface area (Å²) in [4.78, 5) is 12.8. The second-order valence-electron chi connectivity index (χ2n) is 7.20. The minimum Gasteiger partial charge on any atom is -0.497 e. The number of allylic oxidation sites excluding steroid dienone is 6. The van der Waals surface area contributed by atoms with Gasteiger partial charge >= 0.3 is 5.97 Å². The molecule has 0 fully saturated rings. The topological polar surface area (TPSA) is 67.8 Å². The number of benzene rings is 1. The number of hydrogen-bond donors (Lipinski definition) is 2. The summed E-state index contributed by atoms with van der Waals surface area (Å²) in [5.41, 5.74) is 4.50. The number of nitrogens with one attached hydrogen (secondary N) is 1. The zero-order valence-corrected chi connectivity index (χ0v) is 19.0. The van der Waals surface area contributed by atoms with E-state index in [-0.39, 0.29) is 6.61 Å². The molecule has 1 aromatic heterocycles. The summed E-state index contributed by atoms with van der Waals surface area (Å²) in [6.07, 6.45) is 9.72. The van der Waals surface area contributed by atoms with Gasteiger partial charge in [-0.25, -0.2) is 4.79 Å². The fourth-order valence-electron chi connectivity index (χ4n) is 3.42. The number of hydrogen-bond acceptors (Lipinski definition) is 6. The van der Waals surface area contributed by atoms with Crippen molar-refractivity contribution in [2.75, 3.05) is 19.0 Å². The largest absolute Gasteiger partial charge is 0.497 e. The van der Waals surface area contributed by atoms with E-state index in [1.165, 1.54) is 16.9 Å². The summed E-state index contributed by atoms with van der Waals surface area (Å²) in [6, 6.07) is 7.56. The molecule has 0 saturated carbocycles. The molecule has 0 radical (unpaired) electrons. The molecule has 0 amide bonds. The van der Waals surface area contributed by atoms with Gasteiger partial charge in [0.25, 0.3) is 0 Å². The van der Waals surface area contributed by atoms with Crippen molar-refractivity contribution in [1.82, 2.24) is 0 Å². The number of carbonyl (C=O) groups excluding carboxylic acids is 1. The van der Waals surface area contributed by atoms with Crippen molar-refractivity contribution >= 4 is 27.9 Å². The van der Waals surface area contributed by atoms with Gasteiger partial charge in [-0.2, -0.15) is 0 Å². The second-order valence-corrected chi connectivity index (χ2v) is 8.08. The average molecular weight is 440 g/mol. The minimum absolute atomic E-state index is 0.286. The Morgan fingerprint density at radius 3 is 2.87 bits per heavy atom. The normalized spacial score (nSPS) is 14.3. The highest BCUT2D eigenvalue weighted by molar-refractivity contribution is 7.14. The highest BCUT2D eigenvalue weighted by Crippen LogP contribution is 2.35. The number of carbonyl (C=O) groups is 1. The van der Waals surface area contributed by atoms with Crippen LogP contribution < -0.4 is 10.1 Å². The molecule has 2 N–H and O–H groups in total. The maximum Gasteiger partial charge on any atom is 0.341 e. The van der Waals surface area contributed by atoms with Gasteiger partial charge in [-0.05, 0) is 43.0 Å². The number of thiophene rings is 1. The third-order valence-corrected chi connectivity index (χ3v) is 5.98. The molecule has 3 rings (SSSR count). The predicted molar refractivity (Wildman–Crippen MR) is 127 cm³/mol. The van der Waals surface area contributed by atoms with E-state index in [1.54, 1.807) is 14.0 Å². The summed E-state index contributed by atoms with van der Waals surface area (Å²) >= 11 is 1.39. The maximum atomic E-state index is 12.8. The van der Waals surface area contributed by atoms with Gasteiger partial charge in [-0.15, -0.1) is 11.3 Å². The summed E-state index contributed by atoms with van der Waals surface area (Å²) in [7, 11) is 1.61. The highest BCUT2D eigenvalue weighted by Gasteiger charge is 2.23. The molecule has 0 spiro atoms. The van der Waals surface area contributed by atoms with Crippen molar-refractivity contribution in [1.29, 1.82) is 0 Å². The van der Waals surface area contributed by atoms with Crippen LogP contribution in [0.25, 0.3) is 5.57 Å². The standard InChI is InChI=1S/C25H29NO4S/c1-4-17-8-6-10-19(13-12-17)21-16-31-24(23(21)25(28)30-5-2)26-22(27)15-18-9-7-11-20(14-18)29-3/h6-7,9-14,16,22,26-27H,4-5,8,15H2,1-3H3. The Morgan fingerprint density at radius 2 is 2.13 bits per heavy atom. The van der Waals surface area contributed by atoms with Crippen LogP contribution in [0, 0.1) is 0 Å². The molecule has 6 heteroatoms. The minimum atomic E-state index is -0.864. The zero-order valence-electron chi connectivity index (χ0n) is 18.2. The van der Waals surface area contributed by atoms with Crippen molar-refractivity contribution in [2.45, 2.75) is 39.3 Å². The number of esters is 1. The third kappa shape index (κ3) is 5.87. The molecule has 2 aromatic rings. The van der Waals surface area contributed by atoms with E-state index in [1.807, 2.05) is 41.8 Å².